The first-order valence-corrected chi connectivity index (χ1v) is 28.3. The quantitative estimate of drug-likeness (QED) is 0.0262. The van der Waals surface area contributed by atoms with Crippen molar-refractivity contribution in [2.75, 3.05) is 13.2 Å². The third-order valence-corrected chi connectivity index (χ3v) is 12.3. The lowest BCUT2D eigenvalue weighted by Gasteiger charge is -2.18. The van der Waals surface area contributed by atoms with Gasteiger partial charge in [-0.1, -0.05) is 242 Å². The van der Waals surface area contributed by atoms with Crippen LogP contribution in [0.25, 0.3) is 0 Å². The molecule has 0 aromatic rings. The first-order valence-electron chi connectivity index (χ1n) is 28.3. The molecule has 382 valence electrons. The predicted octanol–water partition coefficient (Wildman–Crippen LogP) is 18.8. The Kier molecular flexibility index (Phi) is 52.3. The summed E-state index contributed by atoms with van der Waals surface area (Å²) in [6.07, 6.45) is 67.8. The third-order valence-electron chi connectivity index (χ3n) is 12.3. The van der Waals surface area contributed by atoms with E-state index in [1.165, 1.54) is 141 Å². The lowest BCUT2D eigenvalue weighted by Crippen LogP contribution is -2.30. The highest BCUT2D eigenvalue weighted by atomic mass is 16.6. The summed E-state index contributed by atoms with van der Waals surface area (Å²) in [6, 6.07) is 0. The molecule has 0 aromatic heterocycles. The van der Waals surface area contributed by atoms with Crippen LogP contribution in [0.3, 0.4) is 0 Å². The van der Waals surface area contributed by atoms with E-state index in [2.05, 4.69) is 81.5 Å². The number of ether oxygens (including phenoxy) is 3. The van der Waals surface area contributed by atoms with Gasteiger partial charge in [-0.2, -0.15) is 0 Å². The Hall–Kier alpha value is -2.89. The second-order valence-electron chi connectivity index (χ2n) is 18.8. The molecule has 0 fully saturated rings. The van der Waals surface area contributed by atoms with Crippen LogP contribution in [0.5, 0.6) is 0 Å². The summed E-state index contributed by atoms with van der Waals surface area (Å²) in [5, 5.41) is 0. The number of esters is 3. The third kappa shape index (κ3) is 52.1. The molecule has 0 rings (SSSR count). The van der Waals surface area contributed by atoms with Crippen LogP contribution in [0.2, 0.25) is 0 Å². The highest BCUT2D eigenvalue weighted by Crippen LogP contribution is 2.15. The molecule has 0 heterocycles. The van der Waals surface area contributed by atoms with E-state index in [1.807, 2.05) is 0 Å². The van der Waals surface area contributed by atoms with Crippen LogP contribution >= 0.6 is 0 Å². The lowest BCUT2D eigenvalue weighted by atomic mass is 10.1. The van der Waals surface area contributed by atoms with Crippen molar-refractivity contribution < 1.29 is 28.6 Å². The van der Waals surface area contributed by atoms with Crippen molar-refractivity contribution in [3.63, 3.8) is 0 Å². The van der Waals surface area contributed by atoms with E-state index < -0.39 is 6.10 Å². The number of carbonyl (C=O) groups excluding carboxylic acids is 3. The molecule has 1 atom stereocenters. The van der Waals surface area contributed by atoms with Gasteiger partial charge >= 0.3 is 17.9 Å². The van der Waals surface area contributed by atoms with Gasteiger partial charge in [-0.3, -0.25) is 14.4 Å². The molecule has 0 bridgehead atoms. The van der Waals surface area contributed by atoms with Crippen LogP contribution in [-0.2, 0) is 28.6 Å². The van der Waals surface area contributed by atoms with Crippen molar-refractivity contribution in [2.45, 2.75) is 290 Å². The number of allylic oxidation sites excluding steroid dienone is 10. The molecule has 0 amide bonds. The van der Waals surface area contributed by atoms with Gasteiger partial charge in [0.1, 0.15) is 13.2 Å². The molecule has 6 nitrogen and oxygen atoms in total. The smallest absolute Gasteiger partial charge is 0.306 e. The standard InChI is InChI=1S/C60H106O6/c1-4-7-10-13-16-19-22-24-26-28-30-32-33-35-38-41-44-47-50-53-59(62)65-56-57(55-64-58(61)52-49-46-43-40-37-21-18-15-12-9-6-3)66-60(63)54-51-48-45-42-39-36-34-31-29-27-25-23-20-17-14-11-8-5-2/h7,10,16,19,24,26,30-32,34,57H,4-6,8-9,11-15,17-18,20-23,25,27-29,33,35-56H2,1-3H3/b10-7-,19-16-,26-24-,32-30-,34-31-. The van der Waals surface area contributed by atoms with Gasteiger partial charge in [0.25, 0.3) is 0 Å². The Morgan fingerprint density at radius 3 is 0.939 bits per heavy atom. The van der Waals surface area contributed by atoms with Crippen LogP contribution in [0, 0.1) is 0 Å². The van der Waals surface area contributed by atoms with Crippen molar-refractivity contribution in [1.82, 2.24) is 0 Å². The molecule has 0 saturated heterocycles. The number of unbranched alkanes of at least 4 members (excludes halogenated alkanes) is 30. The Labute approximate surface area is 409 Å². The van der Waals surface area contributed by atoms with Crippen LogP contribution < -0.4 is 0 Å². The van der Waals surface area contributed by atoms with E-state index in [0.717, 1.165) is 103 Å². The van der Waals surface area contributed by atoms with E-state index in [-0.39, 0.29) is 31.1 Å². The van der Waals surface area contributed by atoms with Crippen molar-refractivity contribution in [3.8, 4) is 0 Å². The number of hydrogen-bond donors (Lipinski definition) is 0. The maximum atomic E-state index is 12.8. The Balaban J connectivity index is 4.36. The Morgan fingerprint density at radius 1 is 0.318 bits per heavy atom. The average Bonchev–Trinajstić information content (AvgIpc) is 3.31. The predicted molar refractivity (Wildman–Crippen MR) is 284 cm³/mol. The van der Waals surface area contributed by atoms with Gasteiger partial charge in [0, 0.05) is 19.3 Å². The van der Waals surface area contributed by atoms with Crippen molar-refractivity contribution >= 4 is 17.9 Å². The highest BCUT2D eigenvalue weighted by Gasteiger charge is 2.19. The van der Waals surface area contributed by atoms with Gasteiger partial charge in [-0.05, 0) is 83.5 Å². The maximum absolute atomic E-state index is 12.8. The summed E-state index contributed by atoms with van der Waals surface area (Å²) in [4.78, 5) is 38.1. The second kappa shape index (κ2) is 54.7. The largest absolute Gasteiger partial charge is 0.462 e. The molecule has 0 N–H and O–H groups in total. The molecule has 66 heavy (non-hydrogen) atoms. The number of hydrogen-bond acceptors (Lipinski definition) is 6. The van der Waals surface area contributed by atoms with Crippen molar-refractivity contribution in [1.29, 1.82) is 0 Å². The van der Waals surface area contributed by atoms with Gasteiger partial charge in [-0.25, -0.2) is 0 Å². The zero-order chi connectivity index (χ0) is 47.9. The SMILES string of the molecule is CC/C=C\C/C=C\C/C=C\C/C=C\CCCCCCCCC(=O)OCC(COC(=O)CCCCCCCCCCCCC)OC(=O)CCCCCCC/C=C\CCCCCCCCCCC. The summed E-state index contributed by atoms with van der Waals surface area (Å²) in [5.74, 6) is -0.894. The maximum Gasteiger partial charge on any atom is 0.306 e. The molecular weight excluding hydrogens is 817 g/mol. The number of rotatable bonds is 51. The van der Waals surface area contributed by atoms with Crippen LogP contribution in [0.4, 0.5) is 0 Å². The minimum Gasteiger partial charge on any atom is -0.462 e. The fourth-order valence-electron chi connectivity index (χ4n) is 8.02. The van der Waals surface area contributed by atoms with Gasteiger partial charge in [0.2, 0.25) is 0 Å². The first-order chi connectivity index (χ1) is 32.5. The zero-order valence-corrected chi connectivity index (χ0v) is 43.7. The summed E-state index contributed by atoms with van der Waals surface area (Å²) >= 11 is 0. The second-order valence-corrected chi connectivity index (χ2v) is 18.8. The molecule has 0 radical (unpaired) electrons. The number of carbonyl (C=O) groups is 3. The summed E-state index contributed by atoms with van der Waals surface area (Å²) in [5.41, 5.74) is 0. The fraction of sp³-hybridized carbons (Fsp3) is 0.783. The molecule has 0 saturated carbocycles. The van der Waals surface area contributed by atoms with E-state index in [4.69, 9.17) is 14.2 Å². The molecule has 1 unspecified atom stereocenters. The minimum absolute atomic E-state index is 0.0799. The van der Waals surface area contributed by atoms with E-state index >= 15 is 0 Å². The van der Waals surface area contributed by atoms with Gasteiger partial charge in [0.15, 0.2) is 6.10 Å². The summed E-state index contributed by atoms with van der Waals surface area (Å²) < 4.78 is 16.8. The van der Waals surface area contributed by atoms with Gasteiger partial charge < -0.3 is 14.2 Å². The van der Waals surface area contributed by atoms with Gasteiger partial charge in [0.05, 0.1) is 0 Å². The summed E-state index contributed by atoms with van der Waals surface area (Å²) in [6.45, 7) is 6.52. The topological polar surface area (TPSA) is 78.9 Å². The lowest BCUT2D eigenvalue weighted by molar-refractivity contribution is -0.167. The van der Waals surface area contributed by atoms with Crippen LogP contribution in [-0.4, -0.2) is 37.2 Å². The molecule has 6 heteroatoms. The fourth-order valence-corrected chi connectivity index (χ4v) is 8.02. The van der Waals surface area contributed by atoms with E-state index in [1.54, 1.807) is 0 Å². The average molecular weight is 924 g/mol. The van der Waals surface area contributed by atoms with Crippen molar-refractivity contribution in [2.24, 2.45) is 0 Å². The van der Waals surface area contributed by atoms with Crippen LogP contribution in [0.1, 0.15) is 284 Å². The van der Waals surface area contributed by atoms with Gasteiger partial charge in [-0.15, -0.1) is 0 Å². The monoisotopic (exact) mass is 923 g/mol. The Morgan fingerprint density at radius 2 is 0.591 bits per heavy atom. The normalized spacial score (nSPS) is 12.5. The first kappa shape index (κ1) is 63.1. The van der Waals surface area contributed by atoms with E-state index in [9.17, 15) is 14.4 Å². The van der Waals surface area contributed by atoms with Crippen molar-refractivity contribution in [3.05, 3.63) is 60.8 Å². The zero-order valence-electron chi connectivity index (χ0n) is 43.7. The molecule has 0 aliphatic carbocycles. The van der Waals surface area contributed by atoms with Crippen LogP contribution in [0.15, 0.2) is 60.8 Å². The molecule has 0 aliphatic rings. The summed E-state index contributed by atoms with van der Waals surface area (Å²) in [7, 11) is 0. The molecule has 0 aromatic carbocycles. The molecule has 0 aliphatic heterocycles. The Bertz CT molecular complexity index is 1200. The minimum atomic E-state index is -0.782. The molecular formula is C60H106O6. The molecule has 0 spiro atoms. The van der Waals surface area contributed by atoms with E-state index in [0.29, 0.717) is 19.3 Å². The highest BCUT2D eigenvalue weighted by molar-refractivity contribution is 5.71.